The minimum atomic E-state index is -0.249. The van der Waals surface area contributed by atoms with Gasteiger partial charge in [-0.15, -0.1) is 0 Å². The highest BCUT2D eigenvalue weighted by atomic mass is 15.1. The number of anilines is 6. The van der Waals surface area contributed by atoms with Gasteiger partial charge in [-0.1, -0.05) is 349 Å². The Morgan fingerprint density at radius 3 is 0.926 bits per heavy atom. The number of hydrogen-bond donors (Lipinski definition) is 0. The van der Waals surface area contributed by atoms with Gasteiger partial charge in [0.2, 0.25) is 0 Å². The number of fused-ring (bicyclic) bond motifs is 14. The van der Waals surface area contributed by atoms with E-state index >= 15 is 0 Å². The first-order valence-corrected chi connectivity index (χ1v) is 42.6. The lowest BCUT2D eigenvalue weighted by molar-refractivity contribution is 0.660. The molecule has 0 atom stereocenters. The van der Waals surface area contributed by atoms with Crippen LogP contribution in [0, 0.1) is 0 Å². The van der Waals surface area contributed by atoms with Gasteiger partial charge in [0.25, 0.3) is 0 Å². The lowest BCUT2D eigenvalue weighted by Gasteiger charge is -2.27. The number of rotatable bonds is 14. The Hall–Kier alpha value is -15.2. The van der Waals surface area contributed by atoms with Gasteiger partial charge in [-0.25, -0.2) is 0 Å². The molecule has 0 saturated carbocycles. The normalized spacial score (nSPS) is 12.9. The molecule has 0 saturated heterocycles. The summed E-state index contributed by atoms with van der Waals surface area (Å²) in [6.07, 6.45) is 0. The average molecular weight is 1550 g/mol. The van der Waals surface area contributed by atoms with Crippen LogP contribution >= 0.6 is 0 Å². The van der Waals surface area contributed by atoms with Crippen molar-refractivity contribution in [2.75, 3.05) is 9.80 Å². The summed E-state index contributed by atoms with van der Waals surface area (Å²) >= 11 is 0. The molecule has 21 aromatic carbocycles. The van der Waals surface area contributed by atoms with Gasteiger partial charge in [-0.05, 0) is 313 Å². The van der Waals surface area contributed by atoms with E-state index in [0.717, 1.165) is 50.8 Å². The Balaban J connectivity index is 0.528. The fourth-order valence-electron chi connectivity index (χ4n) is 20.2. The highest BCUT2D eigenvalue weighted by Gasteiger charge is 2.37. The second-order valence-corrected chi connectivity index (χ2v) is 34.3. The molecule has 21 aromatic rings. The lowest BCUT2D eigenvalue weighted by Crippen LogP contribution is -2.15. The Morgan fingerprint density at radius 1 is 0.139 bits per heavy atom. The molecular formula is C120H84N2. The zero-order valence-electron chi connectivity index (χ0n) is 68.5. The summed E-state index contributed by atoms with van der Waals surface area (Å²) in [6.45, 7) is 9.52. The Bertz CT molecular complexity index is 7810. The molecule has 2 nitrogen and oxygen atoms in total. The monoisotopic (exact) mass is 1550 g/mol. The van der Waals surface area contributed by atoms with Crippen LogP contribution < -0.4 is 9.80 Å². The van der Waals surface area contributed by atoms with Crippen molar-refractivity contribution < 1.29 is 0 Å². The summed E-state index contributed by atoms with van der Waals surface area (Å²) in [5.41, 5.74) is 36.0. The maximum Gasteiger partial charge on any atom is 0.0468 e. The van der Waals surface area contributed by atoms with Gasteiger partial charge < -0.3 is 9.80 Å². The van der Waals surface area contributed by atoms with Crippen molar-refractivity contribution in [2.24, 2.45) is 0 Å². The predicted molar refractivity (Wildman–Crippen MR) is 519 cm³/mol. The third-order valence-electron chi connectivity index (χ3n) is 26.6. The number of hydrogen-bond acceptors (Lipinski definition) is 2. The summed E-state index contributed by atoms with van der Waals surface area (Å²) in [5, 5.41) is 14.9. The van der Waals surface area contributed by atoms with Crippen molar-refractivity contribution in [3.05, 3.63) is 459 Å². The van der Waals surface area contributed by atoms with E-state index < -0.39 is 0 Å². The van der Waals surface area contributed by atoms with Crippen molar-refractivity contribution in [1.29, 1.82) is 0 Å². The van der Waals surface area contributed by atoms with Crippen molar-refractivity contribution in [3.63, 3.8) is 0 Å². The van der Waals surface area contributed by atoms with Crippen LogP contribution in [0.3, 0.4) is 0 Å². The fraction of sp³-hybridized carbons (Fsp3) is 0.0500. The molecule has 2 aliphatic rings. The first kappa shape index (κ1) is 72.0. The summed E-state index contributed by atoms with van der Waals surface area (Å²) in [4.78, 5) is 4.83. The van der Waals surface area contributed by atoms with Gasteiger partial charge in [-0.3, -0.25) is 0 Å². The Morgan fingerprint density at radius 2 is 0.410 bits per heavy atom. The minimum absolute atomic E-state index is 0.0794. The molecule has 0 spiro atoms. The predicted octanol–water partition coefficient (Wildman–Crippen LogP) is 33.5. The maximum atomic E-state index is 2.46. The van der Waals surface area contributed by atoms with Gasteiger partial charge in [0.1, 0.15) is 0 Å². The summed E-state index contributed by atoms with van der Waals surface area (Å²) in [5.74, 6) is 0. The van der Waals surface area contributed by atoms with Crippen LogP contribution in [0.25, 0.3) is 176 Å². The SMILES string of the molecule is CC1(C)c2ccccc2-c2ccc(-c3ccc(N(c4cccc(-c5cccc(-c6cccc7cc(-c8ccc9c(c8)C(C)(C)c8cc(-c%10ccc(N(c%11ccc(-c%12ccc%13c(ccc%14ccccc%14%13)c%12)cc%11)c%11cccc(-c%12cccc(-c%13cccc%14ccccc%13%14)c%12)c%11)cc%10)ccc8-9)ccc67)c5)c4)c4ccc5c(ccc6ccccc65)c4)cc3)cc21. The topological polar surface area (TPSA) is 6.48 Å². The first-order chi connectivity index (χ1) is 59.9. The highest BCUT2D eigenvalue weighted by Crippen LogP contribution is 2.54. The summed E-state index contributed by atoms with van der Waals surface area (Å²) in [6, 6.07) is 163. The Labute approximate surface area is 712 Å². The quantitative estimate of drug-likeness (QED) is 0.100. The van der Waals surface area contributed by atoms with Crippen molar-refractivity contribution in [2.45, 2.75) is 38.5 Å². The molecule has 0 fully saturated rings. The molecular weight excluding hydrogens is 1470 g/mol. The smallest absolute Gasteiger partial charge is 0.0468 e. The van der Waals surface area contributed by atoms with Crippen molar-refractivity contribution in [1.82, 2.24) is 0 Å². The molecule has 0 amide bonds. The van der Waals surface area contributed by atoms with Crippen molar-refractivity contribution >= 4 is 98.8 Å². The molecule has 2 heteroatoms. The average Bonchev–Trinajstić information content (AvgIpc) is 1.57. The summed E-state index contributed by atoms with van der Waals surface area (Å²) in [7, 11) is 0. The molecule has 574 valence electrons. The zero-order valence-corrected chi connectivity index (χ0v) is 68.5. The van der Waals surface area contributed by atoms with E-state index in [2.05, 4.69) is 474 Å². The lowest BCUT2D eigenvalue weighted by atomic mass is 9.80. The molecule has 0 aliphatic heterocycles. The third-order valence-corrected chi connectivity index (χ3v) is 26.6. The largest absolute Gasteiger partial charge is 0.310 e. The van der Waals surface area contributed by atoms with Crippen LogP contribution in [-0.2, 0) is 10.8 Å². The van der Waals surface area contributed by atoms with Gasteiger partial charge in [0, 0.05) is 45.0 Å². The highest BCUT2D eigenvalue weighted by molar-refractivity contribution is 6.11. The van der Waals surface area contributed by atoms with Crippen LogP contribution in [0.1, 0.15) is 49.9 Å². The first-order valence-electron chi connectivity index (χ1n) is 42.6. The standard InChI is InChI=1S/C120H84N2/c1-119(2)115-38-12-11-35-111(115)112-63-51-89(74-116(112)119)79-47-58-99(59-48-79)122(102-60-66-110-96(73-102)42-40-82-21-7-10-34-105(82)110)101-31-16-26-86(72-101)84-24-14-28-93(68-84)107-37-18-29-94-70-88(50-62-108(94)107)91-53-65-114-113-64-52-90(75-117(113)120(3,4)118(114)76-91)78-45-56-98(57-46-78)121(97-54-43-77(44-55-97)87-49-61-109-95(69-87)41-39-81-20-6-9-33-104(81)109)100-30-15-25-85(71-100)83-23-13-27-92(67-83)106-36-17-22-80-19-5-8-32-103(80)106/h5-76H,1-4H3. The molecule has 0 bridgehead atoms. The van der Waals surface area contributed by atoms with Crippen molar-refractivity contribution in [3.8, 4) is 111 Å². The molecule has 2 aliphatic carbocycles. The molecule has 122 heavy (non-hydrogen) atoms. The number of benzene rings is 21. The molecule has 0 heterocycles. The second kappa shape index (κ2) is 28.8. The van der Waals surface area contributed by atoms with Crippen LogP contribution in [-0.4, -0.2) is 0 Å². The van der Waals surface area contributed by atoms with E-state index in [-0.39, 0.29) is 10.8 Å². The molecule has 0 N–H and O–H groups in total. The van der Waals surface area contributed by atoms with Crippen LogP contribution in [0.5, 0.6) is 0 Å². The van der Waals surface area contributed by atoms with Gasteiger partial charge in [0.15, 0.2) is 0 Å². The number of nitrogens with zero attached hydrogens (tertiary/aromatic N) is 2. The van der Waals surface area contributed by atoms with Gasteiger partial charge >= 0.3 is 0 Å². The van der Waals surface area contributed by atoms with Crippen LogP contribution in [0.4, 0.5) is 34.1 Å². The van der Waals surface area contributed by atoms with E-state index in [1.165, 1.54) is 181 Å². The molecule has 0 aromatic heterocycles. The van der Waals surface area contributed by atoms with E-state index in [4.69, 9.17) is 0 Å². The van der Waals surface area contributed by atoms with E-state index in [9.17, 15) is 0 Å². The van der Waals surface area contributed by atoms with Gasteiger partial charge in [0.05, 0.1) is 0 Å². The minimum Gasteiger partial charge on any atom is -0.310 e. The van der Waals surface area contributed by atoms with E-state index in [1.807, 2.05) is 0 Å². The fourth-order valence-corrected chi connectivity index (χ4v) is 20.2. The van der Waals surface area contributed by atoms with E-state index in [0.29, 0.717) is 0 Å². The zero-order chi connectivity index (χ0) is 81.3. The second-order valence-electron chi connectivity index (χ2n) is 34.3. The maximum absolute atomic E-state index is 2.46. The van der Waals surface area contributed by atoms with Crippen LogP contribution in [0.15, 0.2) is 437 Å². The van der Waals surface area contributed by atoms with Crippen LogP contribution in [0.2, 0.25) is 0 Å². The molecule has 0 radical (unpaired) electrons. The third kappa shape index (κ3) is 12.3. The summed E-state index contributed by atoms with van der Waals surface area (Å²) < 4.78 is 0. The molecule has 0 unspecified atom stereocenters. The Kier molecular flexibility index (Phi) is 17.0. The molecule has 23 rings (SSSR count). The van der Waals surface area contributed by atoms with Gasteiger partial charge in [-0.2, -0.15) is 0 Å². The van der Waals surface area contributed by atoms with E-state index in [1.54, 1.807) is 0 Å².